The van der Waals surface area contributed by atoms with Crippen molar-refractivity contribution in [2.75, 3.05) is 19.7 Å². The first-order valence-electron chi connectivity index (χ1n) is 6.81. The average Bonchev–Trinajstić information content (AvgIpc) is 2.39. The quantitative estimate of drug-likeness (QED) is 0.782. The minimum absolute atomic E-state index is 0.0208. The number of aliphatic hydroxyl groups is 1. The lowest BCUT2D eigenvalue weighted by Gasteiger charge is -2.27. The molecule has 0 spiro atoms. The number of aliphatic hydroxyl groups excluding tert-OH is 1. The van der Waals surface area contributed by atoms with Crippen molar-refractivity contribution in [2.24, 2.45) is 5.73 Å². The molecule has 1 amide bonds. The summed E-state index contributed by atoms with van der Waals surface area (Å²) >= 11 is 0. The number of hydrogen-bond donors (Lipinski definition) is 2. The molecule has 0 aliphatic rings. The smallest absolute Gasteiger partial charge is 0.254 e. The average molecular weight is 264 g/mol. The molecule has 1 aromatic carbocycles. The molecule has 0 saturated heterocycles. The first-order chi connectivity index (χ1) is 9.11. The Balaban J connectivity index is 2.95. The Kier molecular flexibility index (Phi) is 6.53. The van der Waals surface area contributed by atoms with Crippen molar-refractivity contribution in [3.05, 3.63) is 35.4 Å². The Morgan fingerprint density at radius 1 is 1.37 bits per heavy atom. The molecule has 0 aliphatic carbocycles. The van der Waals surface area contributed by atoms with Crippen LogP contribution in [0, 0.1) is 0 Å². The zero-order valence-corrected chi connectivity index (χ0v) is 11.8. The van der Waals surface area contributed by atoms with Crippen molar-refractivity contribution < 1.29 is 9.90 Å². The van der Waals surface area contributed by atoms with Gasteiger partial charge in [-0.2, -0.15) is 0 Å². The van der Waals surface area contributed by atoms with Gasteiger partial charge in [0.1, 0.15) is 0 Å². The van der Waals surface area contributed by atoms with Crippen LogP contribution >= 0.6 is 0 Å². The summed E-state index contributed by atoms with van der Waals surface area (Å²) in [6.45, 7) is 5.18. The van der Waals surface area contributed by atoms with Crippen molar-refractivity contribution in [1.82, 2.24) is 4.90 Å². The predicted molar refractivity (Wildman–Crippen MR) is 77.1 cm³/mol. The van der Waals surface area contributed by atoms with Gasteiger partial charge in [0, 0.05) is 24.8 Å². The number of rotatable bonds is 7. The minimum atomic E-state index is 0.0208. The highest BCUT2D eigenvalue weighted by Gasteiger charge is 2.20. The van der Waals surface area contributed by atoms with Gasteiger partial charge in [0.25, 0.3) is 5.91 Å². The molecule has 106 valence electrons. The van der Waals surface area contributed by atoms with Crippen molar-refractivity contribution in [2.45, 2.75) is 32.7 Å². The molecule has 3 N–H and O–H groups in total. The third-order valence-corrected chi connectivity index (χ3v) is 3.10. The summed E-state index contributed by atoms with van der Waals surface area (Å²) in [6.07, 6.45) is 1.30. The normalized spacial score (nSPS) is 10.8. The van der Waals surface area contributed by atoms with Gasteiger partial charge in [-0.25, -0.2) is 0 Å². The van der Waals surface area contributed by atoms with Gasteiger partial charge in [-0.1, -0.05) is 18.2 Å². The Bertz CT molecular complexity index is 405. The van der Waals surface area contributed by atoms with Crippen LogP contribution in [0.2, 0.25) is 0 Å². The Morgan fingerprint density at radius 3 is 2.63 bits per heavy atom. The van der Waals surface area contributed by atoms with E-state index in [1.54, 1.807) is 4.90 Å². The molecule has 0 aromatic heterocycles. The van der Waals surface area contributed by atoms with Gasteiger partial charge in [-0.15, -0.1) is 0 Å². The van der Waals surface area contributed by atoms with E-state index >= 15 is 0 Å². The van der Waals surface area contributed by atoms with E-state index in [0.717, 1.165) is 11.1 Å². The standard InChI is InChI=1S/C15H24N2O2/c1-12(2)17(10-5-11-18)15(19)14-7-4-3-6-13(14)8-9-16/h3-4,6-7,12,18H,5,8-11,16H2,1-2H3. The molecule has 0 atom stereocenters. The topological polar surface area (TPSA) is 66.6 Å². The number of nitrogens with two attached hydrogens (primary N) is 1. The van der Waals surface area contributed by atoms with Gasteiger partial charge >= 0.3 is 0 Å². The molecule has 1 aromatic rings. The second-order valence-corrected chi connectivity index (χ2v) is 4.87. The van der Waals surface area contributed by atoms with Gasteiger partial charge in [-0.05, 0) is 44.9 Å². The number of hydrogen-bond acceptors (Lipinski definition) is 3. The van der Waals surface area contributed by atoms with E-state index in [2.05, 4.69) is 0 Å². The first-order valence-corrected chi connectivity index (χ1v) is 6.81. The van der Waals surface area contributed by atoms with Crippen LogP contribution in [0.5, 0.6) is 0 Å². The van der Waals surface area contributed by atoms with E-state index in [1.165, 1.54) is 0 Å². The SMILES string of the molecule is CC(C)N(CCCO)C(=O)c1ccccc1CCN. The summed E-state index contributed by atoms with van der Waals surface area (Å²) < 4.78 is 0. The number of amides is 1. The fourth-order valence-corrected chi connectivity index (χ4v) is 2.09. The second-order valence-electron chi connectivity index (χ2n) is 4.87. The van der Waals surface area contributed by atoms with Crippen LogP contribution in [0.3, 0.4) is 0 Å². The van der Waals surface area contributed by atoms with Crippen LogP contribution in [0.1, 0.15) is 36.2 Å². The van der Waals surface area contributed by atoms with Crippen molar-refractivity contribution in [3.8, 4) is 0 Å². The Labute approximate surface area is 115 Å². The van der Waals surface area contributed by atoms with Gasteiger partial charge in [0.2, 0.25) is 0 Å². The molecule has 0 unspecified atom stereocenters. The van der Waals surface area contributed by atoms with Crippen molar-refractivity contribution in [3.63, 3.8) is 0 Å². The number of benzene rings is 1. The Hall–Kier alpha value is -1.39. The largest absolute Gasteiger partial charge is 0.396 e. The van der Waals surface area contributed by atoms with E-state index in [4.69, 9.17) is 10.8 Å². The molecule has 0 aliphatic heterocycles. The maximum Gasteiger partial charge on any atom is 0.254 e. The number of carbonyl (C=O) groups excluding carboxylic acids is 1. The highest BCUT2D eigenvalue weighted by molar-refractivity contribution is 5.95. The maximum absolute atomic E-state index is 12.6. The monoisotopic (exact) mass is 264 g/mol. The molecule has 0 saturated carbocycles. The summed E-state index contributed by atoms with van der Waals surface area (Å²) in [6, 6.07) is 7.71. The lowest BCUT2D eigenvalue weighted by Crippen LogP contribution is -2.38. The maximum atomic E-state index is 12.6. The minimum Gasteiger partial charge on any atom is -0.396 e. The molecule has 0 heterocycles. The van der Waals surface area contributed by atoms with Crippen LogP contribution < -0.4 is 5.73 Å². The molecular formula is C15H24N2O2. The summed E-state index contributed by atoms with van der Waals surface area (Å²) in [7, 11) is 0. The van der Waals surface area contributed by atoms with E-state index in [1.807, 2.05) is 38.1 Å². The predicted octanol–water partition coefficient (Wildman–Crippen LogP) is 1.42. The molecule has 4 heteroatoms. The van der Waals surface area contributed by atoms with E-state index in [0.29, 0.717) is 25.9 Å². The Morgan fingerprint density at radius 2 is 2.05 bits per heavy atom. The third kappa shape index (κ3) is 4.33. The fourth-order valence-electron chi connectivity index (χ4n) is 2.09. The van der Waals surface area contributed by atoms with Crippen LogP contribution in [0.15, 0.2) is 24.3 Å². The zero-order chi connectivity index (χ0) is 14.3. The van der Waals surface area contributed by atoms with Crippen LogP contribution in [0.4, 0.5) is 0 Å². The van der Waals surface area contributed by atoms with Crippen molar-refractivity contribution >= 4 is 5.91 Å². The summed E-state index contributed by atoms with van der Waals surface area (Å²) in [4.78, 5) is 14.4. The zero-order valence-electron chi connectivity index (χ0n) is 11.8. The van der Waals surface area contributed by atoms with Crippen LogP contribution in [-0.2, 0) is 6.42 Å². The number of carbonyl (C=O) groups is 1. The molecular weight excluding hydrogens is 240 g/mol. The van der Waals surface area contributed by atoms with E-state index < -0.39 is 0 Å². The molecule has 4 nitrogen and oxygen atoms in total. The van der Waals surface area contributed by atoms with Crippen LogP contribution in [0.25, 0.3) is 0 Å². The van der Waals surface area contributed by atoms with Gasteiger partial charge < -0.3 is 15.7 Å². The lowest BCUT2D eigenvalue weighted by atomic mass is 10.0. The van der Waals surface area contributed by atoms with Gasteiger partial charge in [0.05, 0.1) is 0 Å². The number of nitrogens with zero attached hydrogens (tertiary/aromatic N) is 1. The summed E-state index contributed by atoms with van der Waals surface area (Å²) in [5, 5.41) is 8.93. The highest BCUT2D eigenvalue weighted by atomic mass is 16.3. The fraction of sp³-hybridized carbons (Fsp3) is 0.533. The van der Waals surface area contributed by atoms with Gasteiger partial charge in [0.15, 0.2) is 0 Å². The molecule has 0 bridgehead atoms. The van der Waals surface area contributed by atoms with E-state index in [-0.39, 0.29) is 18.6 Å². The summed E-state index contributed by atoms with van der Waals surface area (Å²) in [5.74, 6) is 0.0208. The highest BCUT2D eigenvalue weighted by Crippen LogP contribution is 2.14. The van der Waals surface area contributed by atoms with Gasteiger partial charge in [-0.3, -0.25) is 4.79 Å². The summed E-state index contributed by atoms with van der Waals surface area (Å²) in [5.41, 5.74) is 7.30. The molecule has 1 rings (SSSR count). The first kappa shape index (κ1) is 15.7. The third-order valence-electron chi connectivity index (χ3n) is 3.10. The molecule has 0 fully saturated rings. The second kappa shape index (κ2) is 7.92. The van der Waals surface area contributed by atoms with Crippen molar-refractivity contribution in [1.29, 1.82) is 0 Å². The van der Waals surface area contributed by atoms with E-state index in [9.17, 15) is 4.79 Å². The lowest BCUT2D eigenvalue weighted by molar-refractivity contribution is 0.0692. The molecule has 19 heavy (non-hydrogen) atoms. The molecule has 0 radical (unpaired) electrons. The van der Waals surface area contributed by atoms with Crippen LogP contribution in [-0.4, -0.2) is 41.7 Å².